The van der Waals surface area contributed by atoms with Crippen molar-refractivity contribution in [3.05, 3.63) is 18.5 Å². The molecule has 0 aliphatic carbocycles. The van der Waals surface area contributed by atoms with Gasteiger partial charge in [-0.2, -0.15) is 0 Å². The Morgan fingerprint density at radius 3 is 2.65 bits per heavy atom. The molecule has 0 radical (unpaired) electrons. The molecule has 1 unspecified atom stereocenters. The molecule has 112 valence electrons. The molecule has 1 heterocycles. The number of rotatable bonds is 5. The molecular weight excluding hydrogens is 252 g/mol. The summed E-state index contributed by atoms with van der Waals surface area (Å²) in [6.45, 7) is 6.36. The van der Waals surface area contributed by atoms with Crippen LogP contribution in [0.1, 0.15) is 33.6 Å². The van der Waals surface area contributed by atoms with Crippen LogP contribution in [0.25, 0.3) is 0 Å². The number of nitrogens with one attached hydrogen (secondary N) is 1. The topological polar surface area (TPSA) is 71.2 Å². The molecule has 3 N–H and O–H groups in total. The molecule has 1 amide bonds. The molecule has 0 saturated heterocycles. The van der Waals surface area contributed by atoms with Crippen LogP contribution < -0.4 is 16.0 Å². The van der Waals surface area contributed by atoms with E-state index in [0.29, 0.717) is 12.1 Å². The van der Waals surface area contributed by atoms with Crippen molar-refractivity contribution in [1.82, 2.24) is 4.98 Å². The van der Waals surface area contributed by atoms with Crippen LogP contribution in [0.5, 0.6) is 0 Å². The molecule has 5 nitrogen and oxygen atoms in total. The minimum absolute atomic E-state index is 0.0714. The van der Waals surface area contributed by atoms with Gasteiger partial charge in [-0.25, -0.2) is 0 Å². The van der Waals surface area contributed by atoms with Gasteiger partial charge in [0.15, 0.2) is 0 Å². The number of nitrogens with two attached hydrogens (primary N) is 1. The lowest BCUT2D eigenvalue weighted by molar-refractivity contribution is -0.116. The van der Waals surface area contributed by atoms with E-state index >= 15 is 0 Å². The lowest BCUT2D eigenvalue weighted by atomic mass is 9.87. The van der Waals surface area contributed by atoms with E-state index < -0.39 is 0 Å². The number of nitrogens with zero attached hydrogens (tertiary/aromatic N) is 2. The molecule has 0 aliphatic rings. The number of amides is 1. The van der Waals surface area contributed by atoms with Crippen LogP contribution >= 0.6 is 0 Å². The molecule has 20 heavy (non-hydrogen) atoms. The Labute approximate surface area is 121 Å². The minimum Gasteiger partial charge on any atom is -0.376 e. The van der Waals surface area contributed by atoms with Gasteiger partial charge in [0.05, 0.1) is 17.6 Å². The number of carbonyl (C=O) groups is 1. The van der Waals surface area contributed by atoms with Crippen LogP contribution in [0.15, 0.2) is 18.5 Å². The van der Waals surface area contributed by atoms with E-state index in [9.17, 15) is 4.79 Å². The van der Waals surface area contributed by atoms with Gasteiger partial charge in [0.1, 0.15) is 0 Å². The number of pyridine rings is 1. The number of anilines is 2. The normalized spacial score (nSPS) is 12.9. The molecule has 1 aromatic rings. The van der Waals surface area contributed by atoms with E-state index in [0.717, 1.165) is 12.1 Å². The lowest BCUT2D eigenvalue weighted by Gasteiger charge is -2.23. The highest BCUT2D eigenvalue weighted by atomic mass is 16.1. The van der Waals surface area contributed by atoms with Crippen molar-refractivity contribution >= 4 is 17.3 Å². The van der Waals surface area contributed by atoms with Crippen LogP contribution in [0.4, 0.5) is 11.4 Å². The maximum Gasteiger partial charge on any atom is 0.226 e. The van der Waals surface area contributed by atoms with Crippen LogP contribution in [0, 0.1) is 5.41 Å². The highest BCUT2D eigenvalue weighted by molar-refractivity contribution is 5.94. The third kappa shape index (κ3) is 5.57. The first-order valence-electron chi connectivity index (χ1n) is 6.86. The third-order valence-corrected chi connectivity index (χ3v) is 2.88. The fraction of sp³-hybridized carbons (Fsp3) is 0.600. The molecule has 1 atom stereocenters. The van der Waals surface area contributed by atoms with Crippen LogP contribution in [-0.2, 0) is 4.79 Å². The molecule has 0 saturated carbocycles. The van der Waals surface area contributed by atoms with Gasteiger partial charge in [-0.3, -0.25) is 9.78 Å². The largest absolute Gasteiger partial charge is 0.376 e. The summed E-state index contributed by atoms with van der Waals surface area (Å²) in [6.07, 6.45) is 4.49. The fourth-order valence-corrected chi connectivity index (χ4v) is 2.17. The zero-order valence-electron chi connectivity index (χ0n) is 13.1. The van der Waals surface area contributed by atoms with Crippen molar-refractivity contribution < 1.29 is 4.79 Å². The highest BCUT2D eigenvalue weighted by Crippen LogP contribution is 2.24. The third-order valence-electron chi connectivity index (χ3n) is 2.88. The standard InChI is InChI=1S/C15H26N4O/c1-15(2,3)9-11(16)8-14(20)18-12-10-17-7-6-13(12)19(4)5/h6-7,10-11H,8-9,16H2,1-5H3,(H,18,20). The molecule has 0 aromatic carbocycles. The second-order valence-electron chi connectivity index (χ2n) is 6.56. The molecule has 1 rings (SSSR count). The maximum atomic E-state index is 12.0. The predicted octanol–water partition coefficient (Wildman–Crippen LogP) is 2.24. The summed E-state index contributed by atoms with van der Waals surface area (Å²) >= 11 is 0. The molecule has 0 fully saturated rings. The van der Waals surface area contributed by atoms with Crippen molar-refractivity contribution in [2.45, 2.75) is 39.7 Å². The van der Waals surface area contributed by atoms with Gasteiger partial charge in [-0.1, -0.05) is 20.8 Å². The van der Waals surface area contributed by atoms with Crippen LogP contribution in [0.3, 0.4) is 0 Å². The Balaban J connectivity index is 2.63. The van der Waals surface area contributed by atoms with Crippen LogP contribution in [-0.4, -0.2) is 31.0 Å². The average Bonchev–Trinajstić information content (AvgIpc) is 2.26. The van der Waals surface area contributed by atoms with Gasteiger partial charge < -0.3 is 16.0 Å². The lowest BCUT2D eigenvalue weighted by Crippen LogP contribution is -2.31. The Bertz CT molecular complexity index is 451. The van der Waals surface area contributed by atoms with E-state index in [2.05, 4.69) is 31.1 Å². The van der Waals surface area contributed by atoms with E-state index in [-0.39, 0.29) is 17.4 Å². The van der Waals surface area contributed by atoms with E-state index in [4.69, 9.17) is 5.73 Å². The maximum absolute atomic E-state index is 12.0. The van der Waals surface area contributed by atoms with Crippen molar-refractivity contribution in [3.63, 3.8) is 0 Å². The Morgan fingerprint density at radius 1 is 1.45 bits per heavy atom. The first kappa shape index (κ1) is 16.4. The van der Waals surface area contributed by atoms with E-state index in [1.54, 1.807) is 12.4 Å². The predicted molar refractivity (Wildman–Crippen MR) is 83.9 cm³/mol. The Morgan fingerprint density at radius 2 is 2.10 bits per heavy atom. The number of aromatic nitrogens is 1. The van der Waals surface area contributed by atoms with Gasteiger partial charge in [0.2, 0.25) is 5.91 Å². The minimum atomic E-state index is -0.130. The molecule has 5 heteroatoms. The zero-order chi connectivity index (χ0) is 15.3. The molecule has 0 aliphatic heterocycles. The van der Waals surface area contributed by atoms with E-state index in [1.807, 2.05) is 25.1 Å². The Kier molecular flexibility index (Phi) is 5.51. The summed E-state index contributed by atoms with van der Waals surface area (Å²) in [5.41, 5.74) is 7.80. The van der Waals surface area contributed by atoms with Crippen molar-refractivity contribution in [1.29, 1.82) is 0 Å². The van der Waals surface area contributed by atoms with Gasteiger partial charge in [-0.05, 0) is 17.9 Å². The smallest absolute Gasteiger partial charge is 0.226 e. The van der Waals surface area contributed by atoms with Gasteiger partial charge >= 0.3 is 0 Å². The second-order valence-corrected chi connectivity index (χ2v) is 6.56. The average molecular weight is 278 g/mol. The number of hydrogen-bond donors (Lipinski definition) is 2. The first-order valence-corrected chi connectivity index (χ1v) is 6.86. The SMILES string of the molecule is CN(C)c1ccncc1NC(=O)CC(N)CC(C)(C)C. The zero-order valence-corrected chi connectivity index (χ0v) is 13.1. The molecular formula is C15H26N4O. The summed E-state index contributed by atoms with van der Waals surface area (Å²) in [5, 5.41) is 2.89. The molecule has 0 spiro atoms. The summed E-state index contributed by atoms with van der Waals surface area (Å²) in [7, 11) is 3.85. The molecule has 0 bridgehead atoms. The summed E-state index contributed by atoms with van der Waals surface area (Å²) in [6, 6.07) is 1.74. The van der Waals surface area contributed by atoms with Gasteiger partial charge in [0, 0.05) is 32.8 Å². The second kappa shape index (κ2) is 6.70. The summed E-state index contributed by atoms with van der Waals surface area (Å²) in [4.78, 5) is 18.0. The number of hydrogen-bond acceptors (Lipinski definition) is 4. The van der Waals surface area contributed by atoms with Gasteiger partial charge in [-0.15, -0.1) is 0 Å². The quantitative estimate of drug-likeness (QED) is 0.866. The van der Waals surface area contributed by atoms with Crippen molar-refractivity contribution in [3.8, 4) is 0 Å². The summed E-state index contributed by atoms with van der Waals surface area (Å²) in [5.74, 6) is -0.0714. The Hall–Kier alpha value is -1.62. The number of carbonyl (C=O) groups excluding carboxylic acids is 1. The highest BCUT2D eigenvalue weighted by Gasteiger charge is 2.18. The van der Waals surface area contributed by atoms with E-state index in [1.165, 1.54) is 0 Å². The molecule has 1 aromatic heterocycles. The van der Waals surface area contributed by atoms with Gasteiger partial charge in [0.25, 0.3) is 0 Å². The van der Waals surface area contributed by atoms with Crippen LogP contribution in [0.2, 0.25) is 0 Å². The van der Waals surface area contributed by atoms with Crippen molar-refractivity contribution in [2.24, 2.45) is 11.1 Å². The fourth-order valence-electron chi connectivity index (χ4n) is 2.17. The first-order chi connectivity index (χ1) is 9.19. The monoisotopic (exact) mass is 278 g/mol. The van der Waals surface area contributed by atoms with Crippen molar-refractivity contribution in [2.75, 3.05) is 24.3 Å². The summed E-state index contributed by atoms with van der Waals surface area (Å²) < 4.78 is 0.